The number of aliphatic hydroxyl groups excluding tert-OH is 1. The van der Waals surface area contributed by atoms with Crippen molar-refractivity contribution >= 4 is 17.2 Å². The summed E-state index contributed by atoms with van der Waals surface area (Å²) >= 11 is 1.69. The van der Waals surface area contributed by atoms with E-state index >= 15 is 0 Å². The molecular weight excluding hydrogens is 272 g/mol. The quantitative estimate of drug-likeness (QED) is 0.823. The molecule has 106 valence electrons. The predicted octanol–water partition coefficient (Wildman–Crippen LogP) is 0.899. The van der Waals surface area contributed by atoms with Crippen LogP contribution in [-0.4, -0.2) is 53.1 Å². The van der Waals surface area contributed by atoms with E-state index in [1.807, 2.05) is 11.0 Å². The standard InChI is InChI=1S/C15H18N2O2S/c18-9-1-2-13-4-5-14(20-13)11-16-7-8-17-12(10-16)3-6-15(17)19/h4-5,12,18H,3,6-11H2. The zero-order valence-corrected chi connectivity index (χ0v) is 12.2. The molecule has 20 heavy (non-hydrogen) atoms. The molecule has 1 aromatic rings. The summed E-state index contributed by atoms with van der Waals surface area (Å²) in [5.41, 5.74) is 0. The van der Waals surface area contributed by atoms with Crippen LogP contribution in [0.3, 0.4) is 0 Å². The molecule has 2 aliphatic heterocycles. The van der Waals surface area contributed by atoms with Gasteiger partial charge in [-0.3, -0.25) is 9.69 Å². The van der Waals surface area contributed by atoms with Crippen LogP contribution in [0.2, 0.25) is 0 Å². The Bertz CT molecular complexity index is 558. The van der Waals surface area contributed by atoms with Gasteiger partial charge in [-0.1, -0.05) is 11.8 Å². The SMILES string of the molecule is O=C1CCC2CN(Cc3ccc(C#CCO)s3)CCN12. The molecule has 4 nitrogen and oxygen atoms in total. The maximum Gasteiger partial charge on any atom is 0.222 e. The molecule has 1 atom stereocenters. The van der Waals surface area contributed by atoms with Crippen molar-refractivity contribution in [3.05, 3.63) is 21.9 Å². The van der Waals surface area contributed by atoms with Crippen molar-refractivity contribution in [1.29, 1.82) is 0 Å². The van der Waals surface area contributed by atoms with Crippen molar-refractivity contribution in [2.75, 3.05) is 26.2 Å². The Morgan fingerprint density at radius 3 is 3.15 bits per heavy atom. The van der Waals surface area contributed by atoms with E-state index in [1.54, 1.807) is 11.3 Å². The summed E-state index contributed by atoms with van der Waals surface area (Å²) in [5, 5.41) is 8.69. The van der Waals surface area contributed by atoms with Crippen molar-refractivity contribution in [3.63, 3.8) is 0 Å². The minimum atomic E-state index is -0.0924. The maximum absolute atomic E-state index is 11.7. The summed E-state index contributed by atoms with van der Waals surface area (Å²) in [7, 11) is 0. The normalized spacial score (nSPS) is 22.6. The maximum atomic E-state index is 11.7. The first-order chi connectivity index (χ1) is 9.76. The summed E-state index contributed by atoms with van der Waals surface area (Å²) in [6.45, 7) is 3.65. The van der Waals surface area contributed by atoms with Crippen molar-refractivity contribution in [2.45, 2.75) is 25.4 Å². The first-order valence-corrected chi connectivity index (χ1v) is 7.78. The fraction of sp³-hybridized carbons (Fsp3) is 0.533. The van der Waals surface area contributed by atoms with Gasteiger partial charge in [-0.15, -0.1) is 11.3 Å². The minimum absolute atomic E-state index is 0.0924. The number of rotatable bonds is 2. The van der Waals surface area contributed by atoms with Crippen LogP contribution in [0.25, 0.3) is 0 Å². The number of amides is 1. The third kappa shape index (κ3) is 2.88. The van der Waals surface area contributed by atoms with E-state index in [4.69, 9.17) is 5.11 Å². The van der Waals surface area contributed by atoms with E-state index < -0.39 is 0 Å². The Hall–Kier alpha value is -1.35. The molecule has 1 N–H and O–H groups in total. The first-order valence-electron chi connectivity index (χ1n) is 6.96. The highest BCUT2D eigenvalue weighted by atomic mass is 32.1. The van der Waals surface area contributed by atoms with E-state index in [1.165, 1.54) is 4.88 Å². The van der Waals surface area contributed by atoms with Crippen molar-refractivity contribution in [2.24, 2.45) is 0 Å². The summed E-state index contributed by atoms with van der Waals surface area (Å²) in [5.74, 6) is 5.94. The highest BCUT2D eigenvalue weighted by Crippen LogP contribution is 2.25. The van der Waals surface area contributed by atoms with Crippen molar-refractivity contribution in [1.82, 2.24) is 9.80 Å². The van der Waals surface area contributed by atoms with Crippen LogP contribution in [-0.2, 0) is 11.3 Å². The molecule has 0 saturated carbocycles. The highest BCUT2D eigenvalue weighted by Gasteiger charge is 2.35. The fourth-order valence-electron chi connectivity index (χ4n) is 2.95. The van der Waals surface area contributed by atoms with E-state index in [-0.39, 0.29) is 6.61 Å². The number of piperazine rings is 1. The molecule has 3 rings (SSSR count). The molecular formula is C15H18N2O2S. The van der Waals surface area contributed by atoms with Crippen LogP contribution in [0, 0.1) is 11.8 Å². The summed E-state index contributed by atoms with van der Waals surface area (Å²) in [6.07, 6.45) is 1.73. The molecule has 1 aromatic heterocycles. The van der Waals surface area contributed by atoms with Crippen LogP contribution < -0.4 is 0 Å². The van der Waals surface area contributed by atoms with Gasteiger partial charge in [0.1, 0.15) is 6.61 Å². The lowest BCUT2D eigenvalue weighted by Crippen LogP contribution is -2.50. The highest BCUT2D eigenvalue weighted by molar-refractivity contribution is 7.12. The number of carbonyl (C=O) groups excluding carboxylic acids is 1. The van der Waals surface area contributed by atoms with Crippen LogP contribution in [0.5, 0.6) is 0 Å². The Morgan fingerprint density at radius 2 is 2.30 bits per heavy atom. The topological polar surface area (TPSA) is 43.8 Å². The second-order valence-corrected chi connectivity index (χ2v) is 6.41. The second kappa shape index (κ2) is 5.96. The van der Waals surface area contributed by atoms with Gasteiger partial charge < -0.3 is 10.0 Å². The molecule has 1 unspecified atom stereocenters. The largest absolute Gasteiger partial charge is 0.384 e. The first kappa shape index (κ1) is 13.6. The summed E-state index contributed by atoms with van der Waals surface area (Å²) in [6, 6.07) is 4.54. The van der Waals surface area contributed by atoms with Gasteiger partial charge in [0.15, 0.2) is 0 Å². The Labute approximate surface area is 123 Å². The number of thiophene rings is 1. The van der Waals surface area contributed by atoms with Crippen LogP contribution in [0.4, 0.5) is 0 Å². The summed E-state index contributed by atoms with van der Waals surface area (Å²) < 4.78 is 0. The lowest BCUT2D eigenvalue weighted by Gasteiger charge is -2.37. The third-order valence-corrected chi connectivity index (χ3v) is 4.90. The lowest BCUT2D eigenvalue weighted by molar-refractivity contribution is -0.130. The molecule has 0 aliphatic carbocycles. The smallest absolute Gasteiger partial charge is 0.222 e. The van der Waals surface area contributed by atoms with Gasteiger partial charge in [0.2, 0.25) is 5.91 Å². The molecule has 1 amide bonds. The van der Waals surface area contributed by atoms with Crippen molar-refractivity contribution < 1.29 is 9.90 Å². The molecule has 0 aromatic carbocycles. The number of hydrogen-bond donors (Lipinski definition) is 1. The molecule has 2 aliphatic rings. The molecule has 0 spiro atoms. The second-order valence-electron chi connectivity index (χ2n) is 5.24. The average Bonchev–Trinajstić information content (AvgIpc) is 3.04. The van der Waals surface area contributed by atoms with Gasteiger partial charge in [0, 0.05) is 43.5 Å². The Balaban J connectivity index is 1.59. The monoisotopic (exact) mass is 290 g/mol. The number of carbonyl (C=O) groups is 1. The predicted molar refractivity (Wildman–Crippen MR) is 78.3 cm³/mol. The van der Waals surface area contributed by atoms with Gasteiger partial charge in [-0.2, -0.15) is 0 Å². The Morgan fingerprint density at radius 1 is 1.40 bits per heavy atom. The van der Waals surface area contributed by atoms with E-state index in [0.717, 1.165) is 43.9 Å². The van der Waals surface area contributed by atoms with E-state index in [9.17, 15) is 4.79 Å². The molecule has 0 radical (unpaired) electrons. The number of aliphatic hydroxyl groups is 1. The van der Waals surface area contributed by atoms with Crippen LogP contribution in [0.15, 0.2) is 12.1 Å². The fourth-order valence-corrected chi connectivity index (χ4v) is 3.87. The molecule has 5 heteroatoms. The van der Waals surface area contributed by atoms with Gasteiger partial charge >= 0.3 is 0 Å². The molecule has 3 heterocycles. The van der Waals surface area contributed by atoms with Crippen molar-refractivity contribution in [3.8, 4) is 11.8 Å². The number of fused-ring (bicyclic) bond motifs is 1. The zero-order chi connectivity index (χ0) is 13.9. The number of nitrogens with zero attached hydrogens (tertiary/aromatic N) is 2. The third-order valence-electron chi connectivity index (χ3n) is 3.91. The van der Waals surface area contributed by atoms with Gasteiger partial charge in [-0.25, -0.2) is 0 Å². The van der Waals surface area contributed by atoms with Crippen LogP contribution in [0.1, 0.15) is 22.6 Å². The molecule has 2 fully saturated rings. The summed E-state index contributed by atoms with van der Waals surface area (Å²) in [4.78, 5) is 18.4. The van der Waals surface area contributed by atoms with Crippen LogP contribution >= 0.6 is 11.3 Å². The minimum Gasteiger partial charge on any atom is -0.384 e. The Kier molecular flexibility index (Phi) is 4.06. The number of hydrogen-bond acceptors (Lipinski definition) is 4. The van der Waals surface area contributed by atoms with E-state index in [0.29, 0.717) is 11.9 Å². The molecule has 2 saturated heterocycles. The average molecular weight is 290 g/mol. The lowest BCUT2D eigenvalue weighted by atomic mass is 10.1. The van der Waals surface area contributed by atoms with Gasteiger partial charge in [0.05, 0.1) is 4.88 Å². The van der Waals surface area contributed by atoms with Gasteiger partial charge in [-0.05, 0) is 18.6 Å². The van der Waals surface area contributed by atoms with E-state index in [2.05, 4.69) is 22.8 Å². The zero-order valence-electron chi connectivity index (χ0n) is 11.3. The molecule has 0 bridgehead atoms. The van der Waals surface area contributed by atoms with Gasteiger partial charge in [0.25, 0.3) is 0 Å².